The summed E-state index contributed by atoms with van der Waals surface area (Å²) in [5.74, 6) is 0.553. The second kappa shape index (κ2) is 6.24. The fraction of sp³-hybridized carbons (Fsp3) is 0.647. The summed E-state index contributed by atoms with van der Waals surface area (Å²) < 4.78 is 6.30. The molecular formula is C17H25NO3. The highest BCUT2D eigenvalue weighted by atomic mass is 16.5. The van der Waals surface area contributed by atoms with Crippen molar-refractivity contribution in [3.8, 4) is 11.5 Å². The van der Waals surface area contributed by atoms with Crippen molar-refractivity contribution in [1.82, 2.24) is 0 Å². The Hall–Kier alpha value is -1.26. The van der Waals surface area contributed by atoms with Crippen molar-refractivity contribution < 1.29 is 14.9 Å². The Balaban J connectivity index is 1.86. The summed E-state index contributed by atoms with van der Waals surface area (Å²) in [5.41, 5.74) is 7.64. The predicted molar refractivity (Wildman–Crippen MR) is 81.3 cm³/mol. The molecule has 4 N–H and O–H groups in total. The Kier molecular flexibility index (Phi) is 4.36. The first kappa shape index (κ1) is 14.7. The molecule has 0 spiro atoms. The molecule has 1 aliphatic heterocycles. The van der Waals surface area contributed by atoms with Crippen LogP contribution in [0.2, 0.25) is 0 Å². The van der Waals surface area contributed by atoms with Gasteiger partial charge in [-0.25, -0.2) is 0 Å². The van der Waals surface area contributed by atoms with Gasteiger partial charge in [-0.1, -0.05) is 25.3 Å². The molecule has 4 heteroatoms. The molecular weight excluding hydrogens is 266 g/mol. The van der Waals surface area contributed by atoms with Gasteiger partial charge in [-0.2, -0.15) is 0 Å². The van der Waals surface area contributed by atoms with Crippen LogP contribution in [0, 0.1) is 5.92 Å². The third-order valence-electron chi connectivity index (χ3n) is 5.05. The maximum absolute atomic E-state index is 10.1. The van der Waals surface area contributed by atoms with Crippen LogP contribution in [0.4, 0.5) is 0 Å². The average Bonchev–Trinajstić information content (AvgIpc) is 2.71. The van der Waals surface area contributed by atoms with E-state index in [2.05, 4.69) is 0 Å². The number of nitrogens with two attached hydrogens (primary N) is 1. The monoisotopic (exact) mass is 291 g/mol. The van der Waals surface area contributed by atoms with Crippen molar-refractivity contribution in [3.05, 3.63) is 23.3 Å². The molecule has 0 amide bonds. The third kappa shape index (κ3) is 2.87. The summed E-state index contributed by atoms with van der Waals surface area (Å²) in [6, 6.07) is 3.37. The molecule has 1 heterocycles. The molecule has 1 saturated carbocycles. The van der Waals surface area contributed by atoms with E-state index < -0.39 is 0 Å². The number of hydrogen-bond acceptors (Lipinski definition) is 4. The minimum absolute atomic E-state index is 0.00107. The molecule has 0 aromatic heterocycles. The predicted octanol–water partition coefficient (Wildman–Crippen LogP) is 3.01. The smallest absolute Gasteiger partial charge is 0.161 e. The molecule has 2 aliphatic rings. The van der Waals surface area contributed by atoms with Crippen molar-refractivity contribution in [2.45, 2.75) is 57.2 Å². The Morgan fingerprint density at radius 3 is 2.57 bits per heavy atom. The lowest BCUT2D eigenvalue weighted by molar-refractivity contribution is -0.0479. The van der Waals surface area contributed by atoms with Crippen LogP contribution in [0.1, 0.15) is 55.8 Å². The van der Waals surface area contributed by atoms with Gasteiger partial charge in [0.25, 0.3) is 0 Å². The Morgan fingerprint density at radius 1 is 1.10 bits per heavy atom. The first-order valence-corrected chi connectivity index (χ1v) is 8.10. The van der Waals surface area contributed by atoms with Gasteiger partial charge in [0.15, 0.2) is 11.5 Å². The van der Waals surface area contributed by atoms with Crippen molar-refractivity contribution in [2.24, 2.45) is 11.7 Å². The van der Waals surface area contributed by atoms with Crippen LogP contribution in [0.5, 0.6) is 11.5 Å². The van der Waals surface area contributed by atoms with E-state index in [1.165, 1.54) is 38.2 Å². The zero-order chi connectivity index (χ0) is 14.8. The molecule has 1 aromatic carbocycles. The number of rotatable bonds is 2. The first-order chi connectivity index (χ1) is 10.2. The van der Waals surface area contributed by atoms with Crippen molar-refractivity contribution in [2.75, 3.05) is 6.54 Å². The van der Waals surface area contributed by atoms with Crippen LogP contribution in [0.15, 0.2) is 12.1 Å². The van der Waals surface area contributed by atoms with E-state index >= 15 is 0 Å². The van der Waals surface area contributed by atoms with Gasteiger partial charge in [0.1, 0.15) is 0 Å². The molecule has 1 aromatic rings. The van der Waals surface area contributed by atoms with E-state index in [0.29, 0.717) is 12.5 Å². The van der Waals surface area contributed by atoms with E-state index in [0.717, 1.165) is 24.0 Å². The number of fused-ring (bicyclic) bond motifs is 1. The lowest BCUT2D eigenvalue weighted by atomic mass is 9.83. The minimum atomic E-state index is -0.180. The Morgan fingerprint density at radius 2 is 1.86 bits per heavy atom. The van der Waals surface area contributed by atoms with Crippen LogP contribution in [-0.4, -0.2) is 22.9 Å². The molecule has 3 rings (SSSR count). The van der Waals surface area contributed by atoms with Gasteiger partial charge in [-0.05, 0) is 43.2 Å². The number of benzene rings is 1. The van der Waals surface area contributed by atoms with Gasteiger partial charge in [0.2, 0.25) is 0 Å². The topological polar surface area (TPSA) is 75.7 Å². The van der Waals surface area contributed by atoms with E-state index in [-0.39, 0.29) is 23.7 Å². The highest BCUT2D eigenvalue weighted by Gasteiger charge is 2.32. The Labute approximate surface area is 125 Å². The SMILES string of the molecule is NCC1OC(C2CCCCC2)CCc2c1ccc(O)c2O. The third-order valence-corrected chi connectivity index (χ3v) is 5.05. The molecule has 2 unspecified atom stereocenters. The summed E-state index contributed by atoms with van der Waals surface area (Å²) in [4.78, 5) is 0. The fourth-order valence-electron chi connectivity index (χ4n) is 3.88. The van der Waals surface area contributed by atoms with E-state index in [1.807, 2.05) is 6.07 Å². The van der Waals surface area contributed by atoms with E-state index in [4.69, 9.17) is 10.5 Å². The van der Waals surface area contributed by atoms with Gasteiger partial charge < -0.3 is 20.7 Å². The second-order valence-electron chi connectivity index (χ2n) is 6.34. The number of ether oxygens (including phenoxy) is 1. The van der Waals surface area contributed by atoms with Gasteiger partial charge in [-0.15, -0.1) is 0 Å². The fourth-order valence-corrected chi connectivity index (χ4v) is 3.88. The largest absolute Gasteiger partial charge is 0.504 e. The second-order valence-corrected chi connectivity index (χ2v) is 6.34. The highest BCUT2D eigenvalue weighted by molar-refractivity contribution is 5.50. The summed E-state index contributed by atoms with van der Waals surface area (Å²) in [7, 11) is 0. The molecule has 21 heavy (non-hydrogen) atoms. The number of phenolic OH excluding ortho intramolecular Hbond substituents is 2. The summed E-state index contributed by atoms with van der Waals surface area (Å²) >= 11 is 0. The van der Waals surface area contributed by atoms with E-state index in [9.17, 15) is 10.2 Å². The van der Waals surface area contributed by atoms with Crippen LogP contribution < -0.4 is 5.73 Å². The normalized spacial score (nSPS) is 27.1. The van der Waals surface area contributed by atoms with Crippen LogP contribution in [-0.2, 0) is 11.2 Å². The quantitative estimate of drug-likeness (QED) is 0.732. The van der Waals surface area contributed by atoms with Crippen molar-refractivity contribution in [3.63, 3.8) is 0 Å². The van der Waals surface area contributed by atoms with Crippen molar-refractivity contribution in [1.29, 1.82) is 0 Å². The zero-order valence-electron chi connectivity index (χ0n) is 12.4. The molecule has 0 saturated heterocycles. The van der Waals surface area contributed by atoms with Gasteiger partial charge >= 0.3 is 0 Å². The molecule has 1 aliphatic carbocycles. The molecule has 0 bridgehead atoms. The maximum atomic E-state index is 10.1. The number of hydrogen-bond donors (Lipinski definition) is 3. The van der Waals surface area contributed by atoms with Gasteiger partial charge in [-0.3, -0.25) is 0 Å². The molecule has 2 atom stereocenters. The zero-order valence-corrected chi connectivity index (χ0v) is 12.4. The molecule has 1 fully saturated rings. The minimum Gasteiger partial charge on any atom is -0.504 e. The van der Waals surface area contributed by atoms with Crippen LogP contribution in [0.25, 0.3) is 0 Å². The van der Waals surface area contributed by atoms with E-state index in [1.54, 1.807) is 0 Å². The average molecular weight is 291 g/mol. The summed E-state index contributed by atoms with van der Waals surface area (Å²) in [6.45, 7) is 0.403. The Bertz CT molecular complexity index is 497. The van der Waals surface area contributed by atoms with Crippen molar-refractivity contribution >= 4 is 0 Å². The molecule has 116 valence electrons. The molecule has 0 radical (unpaired) electrons. The lowest BCUT2D eigenvalue weighted by Gasteiger charge is -2.31. The molecule has 4 nitrogen and oxygen atoms in total. The van der Waals surface area contributed by atoms with Crippen LogP contribution in [0.3, 0.4) is 0 Å². The number of phenols is 2. The maximum Gasteiger partial charge on any atom is 0.161 e. The van der Waals surface area contributed by atoms with Gasteiger partial charge in [0, 0.05) is 12.1 Å². The summed E-state index contributed by atoms with van der Waals surface area (Å²) in [5, 5.41) is 19.9. The lowest BCUT2D eigenvalue weighted by Crippen LogP contribution is -2.29. The highest BCUT2D eigenvalue weighted by Crippen LogP contribution is 2.41. The van der Waals surface area contributed by atoms with Crippen LogP contribution >= 0.6 is 0 Å². The summed E-state index contributed by atoms with van der Waals surface area (Å²) in [6.07, 6.45) is 8.05. The first-order valence-electron chi connectivity index (χ1n) is 8.10. The number of aromatic hydroxyl groups is 2. The standard InChI is InChI=1S/C17H25NO3/c18-10-16-12-6-8-14(19)17(20)13(12)7-9-15(21-16)11-4-2-1-3-5-11/h6,8,11,15-16,19-20H,1-5,7,9-10,18H2. The van der Waals surface area contributed by atoms with Gasteiger partial charge in [0.05, 0.1) is 12.2 Å².